The third-order valence-electron chi connectivity index (χ3n) is 2.22. The topological polar surface area (TPSA) is 64.3 Å². The maximum absolute atomic E-state index is 11.0. The minimum absolute atomic E-state index is 0.0691. The van der Waals surface area contributed by atoms with Crippen LogP contribution in [0.3, 0.4) is 0 Å². The van der Waals surface area contributed by atoms with Crippen LogP contribution in [-0.2, 0) is 11.2 Å². The maximum Gasteiger partial charge on any atom is 0.262 e. The molecule has 0 aliphatic carbocycles. The van der Waals surface area contributed by atoms with Gasteiger partial charge in [-0.15, -0.1) is 0 Å². The highest BCUT2D eigenvalue weighted by atomic mass is 16.5. The SMILES string of the molecule is CCc1cc(N)c2c(c1)OCC(=O)N2. The van der Waals surface area contributed by atoms with Crippen molar-refractivity contribution in [3.63, 3.8) is 0 Å². The summed E-state index contributed by atoms with van der Waals surface area (Å²) in [6.07, 6.45) is 0.898. The molecule has 0 radical (unpaired) electrons. The Morgan fingerprint density at radius 1 is 1.57 bits per heavy atom. The molecule has 0 aromatic heterocycles. The largest absolute Gasteiger partial charge is 0.481 e. The smallest absolute Gasteiger partial charge is 0.262 e. The molecule has 1 amide bonds. The summed E-state index contributed by atoms with van der Waals surface area (Å²) >= 11 is 0. The summed E-state index contributed by atoms with van der Waals surface area (Å²) in [6.45, 7) is 2.11. The van der Waals surface area contributed by atoms with E-state index in [2.05, 4.69) is 5.32 Å². The Hall–Kier alpha value is -1.71. The van der Waals surface area contributed by atoms with Gasteiger partial charge in [0.25, 0.3) is 5.91 Å². The summed E-state index contributed by atoms with van der Waals surface area (Å²) in [5.74, 6) is 0.509. The number of hydrogen-bond acceptors (Lipinski definition) is 3. The molecule has 0 saturated carbocycles. The van der Waals surface area contributed by atoms with E-state index in [-0.39, 0.29) is 12.5 Å². The number of benzene rings is 1. The van der Waals surface area contributed by atoms with Gasteiger partial charge >= 0.3 is 0 Å². The number of aryl methyl sites for hydroxylation is 1. The summed E-state index contributed by atoms with van der Waals surface area (Å²) in [4.78, 5) is 11.0. The molecule has 0 spiro atoms. The van der Waals surface area contributed by atoms with E-state index in [0.717, 1.165) is 12.0 Å². The minimum Gasteiger partial charge on any atom is -0.481 e. The number of carbonyl (C=O) groups is 1. The lowest BCUT2D eigenvalue weighted by molar-refractivity contribution is -0.118. The van der Waals surface area contributed by atoms with Gasteiger partial charge in [0.05, 0.1) is 5.69 Å². The molecule has 0 saturated heterocycles. The van der Waals surface area contributed by atoms with E-state index < -0.39 is 0 Å². The van der Waals surface area contributed by atoms with Gasteiger partial charge in [-0.1, -0.05) is 6.92 Å². The number of nitrogens with one attached hydrogen (secondary N) is 1. The lowest BCUT2D eigenvalue weighted by atomic mass is 10.1. The van der Waals surface area contributed by atoms with Gasteiger partial charge in [-0.25, -0.2) is 0 Å². The number of amides is 1. The van der Waals surface area contributed by atoms with Crippen LogP contribution < -0.4 is 15.8 Å². The number of nitrogens with two attached hydrogens (primary N) is 1. The molecule has 1 aromatic carbocycles. The molecule has 1 aromatic rings. The van der Waals surface area contributed by atoms with E-state index >= 15 is 0 Å². The highest BCUT2D eigenvalue weighted by molar-refractivity contribution is 5.99. The standard InChI is InChI=1S/C10H12N2O2/c1-2-6-3-7(11)10-8(4-6)14-5-9(13)12-10/h3-4H,2,5,11H2,1H3,(H,12,13). The first-order valence-electron chi connectivity index (χ1n) is 4.55. The van der Waals surface area contributed by atoms with Crippen LogP contribution in [0.4, 0.5) is 11.4 Å². The number of fused-ring (bicyclic) bond motifs is 1. The Labute approximate surface area is 82.1 Å². The number of anilines is 2. The number of hydrogen-bond donors (Lipinski definition) is 2. The van der Waals surface area contributed by atoms with Gasteiger partial charge in [0.1, 0.15) is 11.4 Å². The predicted octanol–water partition coefficient (Wildman–Crippen LogP) is 1.16. The molecule has 14 heavy (non-hydrogen) atoms. The van der Waals surface area contributed by atoms with Gasteiger partial charge in [0, 0.05) is 0 Å². The van der Waals surface area contributed by atoms with E-state index in [9.17, 15) is 4.79 Å². The molecule has 0 bridgehead atoms. The van der Waals surface area contributed by atoms with Gasteiger partial charge in [0.2, 0.25) is 0 Å². The van der Waals surface area contributed by atoms with Crippen LogP contribution in [0.25, 0.3) is 0 Å². The lowest BCUT2D eigenvalue weighted by Gasteiger charge is -2.20. The summed E-state index contributed by atoms with van der Waals surface area (Å²) in [6, 6.07) is 3.76. The average Bonchev–Trinajstić information content (AvgIpc) is 2.19. The molecule has 2 rings (SSSR count). The summed E-state index contributed by atoms with van der Waals surface area (Å²) < 4.78 is 5.27. The zero-order valence-corrected chi connectivity index (χ0v) is 7.96. The minimum atomic E-state index is -0.159. The zero-order chi connectivity index (χ0) is 10.1. The van der Waals surface area contributed by atoms with Crippen molar-refractivity contribution in [2.24, 2.45) is 0 Å². The second-order valence-electron chi connectivity index (χ2n) is 3.25. The van der Waals surface area contributed by atoms with Crippen LogP contribution in [0.1, 0.15) is 12.5 Å². The van der Waals surface area contributed by atoms with Crippen molar-refractivity contribution in [1.82, 2.24) is 0 Å². The Balaban J connectivity index is 2.48. The number of ether oxygens (including phenoxy) is 1. The molecule has 0 atom stereocenters. The molecule has 0 unspecified atom stereocenters. The van der Waals surface area contributed by atoms with Crippen LogP contribution >= 0.6 is 0 Å². The Bertz CT molecular complexity index is 388. The number of carbonyl (C=O) groups excluding carboxylic acids is 1. The Kier molecular flexibility index (Phi) is 2.04. The van der Waals surface area contributed by atoms with Crippen molar-refractivity contribution in [3.05, 3.63) is 17.7 Å². The van der Waals surface area contributed by atoms with Crippen LogP contribution in [0.5, 0.6) is 5.75 Å². The molecular weight excluding hydrogens is 180 g/mol. The molecule has 3 N–H and O–H groups in total. The second kappa shape index (κ2) is 3.21. The first kappa shape index (κ1) is 8.87. The summed E-state index contributed by atoms with van der Waals surface area (Å²) in [5, 5.41) is 2.69. The van der Waals surface area contributed by atoms with Gasteiger partial charge in [-0.2, -0.15) is 0 Å². The first-order valence-corrected chi connectivity index (χ1v) is 4.55. The van der Waals surface area contributed by atoms with Crippen molar-refractivity contribution in [3.8, 4) is 5.75 Å². The molecule has 74 valence electrons. The summed E-state index contributed by atoms with van der Waals surface area (Å²) in [5.41, 5.74) is 8.05. The molecular formula is C10H12N2O2. The third kappa shape index (κ3) is 1.39. The van der Waals surface area contributed by atoms with Crippen LogP contribution in [0.2, 0.25) is 0 Å². The van der Waals surface area contributed by atoms with Crippen LogP contribution in [0, 0.1) is 0 Å². The van der Waals surface area contributed by atoms with Gasteiger partial charge in [-0.05, 0) is 24.1 Å². The predicted molar refractivity (Wildman–Crippen MR) is 54.4 cm³/mol. The van der Waals surface area contributed by atoms with Gasteiger partial charge < -0.3 is 15.8 Å². The van der Waals surface area contributed by atoms with Gasteiger partial charge in [-0.3, -0.25) is 4.79 Å². The van der Waals surface area contributed by atoms with Gasteiger partial charge in [0.15, 0.2) is 6.61 Å². The Morgan fingerprint density at radius 2 is 2.36 bits per heavy atom. The van der Waals surface area contributed by atoms with E-state index in [4.69, 9.17) is 10.5 Å². The zero-order valence-electron chi connectivity index (χ0n) is 7.96. The maximum atomic E-state index is 11.0. The Morgan fingerprint density at radius 3 is 3.07 bits per heavy atom. The molecule has 4 nitrogen and oxygen atoms in total. The van der Waals surface area contributed by atoms with E-state index in [0.29, 0.717) is 17.1 Å². The fourth-order valence-corrected chi connectivity index (χ4v) is 1.47. The molecule has 4 heteroatoms. The lowest BCUT2D eigenvalue weighted by Crippen LogP contribution is -2.26. The average molecular weight is 192 g/mol. The highest BCUT2D eigenvalue weighted by Crippen LogP contribution is 2.34. The molecule has 0 fully saturated rings. The molecule has 1 heterocycles. The quantitative estimate of drug-likeness (QED) is 0.656. The highest BCUT2D eigenvalue weighted by Gasteiger charge is 2.18. The fourth-order valence-electron chi connectivity index (χ4n) is 1.47. The van der Waals surface area contributed by atoms with Crippen LogP contribution in [0.15, 0.2) is 12.1 Å². The number of rotatable bonds is 1. The van der Waals surface area contributed by atoms with Crippen molar-refractivity contribution in [1.29, 1.82) is 0 Å². The first-order chi connectivity index (χ1) is 6.70. The van der Waals surface area contributed by atoms with Crippen molar-refractivity contribution < 1.29 is 9.53 Å². The normalized spacial score (nSPS) is 14.2. The molecule has 1 aliphatic rings. The summed E-state index contributed by atoms with van der Waals surface area (Å²) in [7, 11) is 0. The van der Waals surface area contributed by atoms with E-state index in [1.807, 2.05) is 19.1 Å². The van der Waals surface area contributed by atoms with Crippen molar-refractivity contribution in [2.45, 2.75) is 13.3 Å². The van der Waals surface area contributed by atoms with E-state index in [1.54, 1.807) is 0 Å². The molecule has 1 aliphatic heterocycles. The monoisotopic (exact) mass is 192 g/mol. The number of nitrogen functional groups attached to an aromatic ring is 1. The van der Waals surface area contributed by atoms with Crippen molar-refractivity contribution in [2.75, 3.05) is 17.7 Å². The fraction of sp³-hybridized carbons (Fsp3) is 0.300. The second-order valence-corrected chi connectivity index (χ2v) is 3.25. The third-order valence-corrected chi connectivity index (χ3v) is 2.22. The van der Waals surface area contributed by atoms with Crippen molar-refractivity contribution >= 4 is 17.3 Å². The van der Waals surface area contributed by atoms with Crippen LogP contribution in [-0.4, -0.2) is 12.5 Å². The van der Waals surface area contributed by atoms with E-state index in [1.165, 1.54) is 0 Å².